The van der Waals surface area contributed by atoms with Crippen LogP contribution >= 0.6 is 0 Å². The van der Waals surface area contributed by atoms with E-state index in [0.717, 1.165) is 24.8 Å². The van der Waals surface area contributed by atoms with Crippen molar-refractivity contribution in [1.82, 2.24) is 5.32 Å². The predicted octanol–water partition coefficient (Wildman–Crippen LogP) is 2.98. The summed E-state index contributed by atoms with van der Waals surface area (Å²) in [4.78, 5) is 0. The summed E-state index contributed by atoms with van der Waals surface area (Å²) in [6.45, 7) is 10.7. The third-order valence-electron chi connectivity index (χ3n) is 3.17. The molecule has 0 saturated heterocycles. The quantitative estimate of drug-likeness (QED) is 0.508. The molecule has 0 aromatic heterocycles. The molecule has 1 fully saturated rings. The molecule has 2 atom stereocenters. The molecule has 1 N–H and O–H groups in total. The SMILES string of the molecule is C=C(C)CCNCC1CCCC1C. The van der Waals surface area contributed by atoms with Crippen molar-refractivity contribution in [1.29, 1.82) is 0 Å². The first-order chi connectivity index (χ1) is 6.20. The first-order valence-electron chi connectivity index (χ1n) is 5.55. The Kier molecular flexibility index (Phi) is 4.51. The average molecular weight is 181 g/mol. The molecule has 1 aliphatic carbocycles. The van der Waals surface area contributed by atoms with Crippen LogP contribution in [0.3, 0.4) is 0 Å². The van der Waals surface area contributed by atoms with Gasteiger partial charge in [0.15, 0.2) is 0 Å². The van der Waals surface area contributed by atoms with Crippen LogP contribution in [0.15, 0.2) is 12.2 Å². The maximum absolute atomic E-state index is 3.90. The van der Waals surface area contributed by atoms with Gasteiger partial charge >= 0.3 is 0 Å². The van der Waals surface area contributed by atoms with Gasteiger partial charge in [0.1, 0.15) is 0 Å². The summed E-state index contributed by atoms with van der Waals surface area (Å²) < 4.78 is 0. The van der Waals surface area contributed by atoms with Gasteiger partial charge < -0.3 is 5.32 Å². The molecule has 0 aromatic rings. The van der Waals surface area contributed by atoms with E-state index in [0.29, 0.717) is 0 Å². The summed E-state index contributed by atoms with van der Waals surface area (Å²) in [6.07, 6.45) is 5.43. The molecule has 0 aliphatic heterocycles. The Bertz CT molecular complexity index is 163. The van der Waals surface area contributed by atoms with Crippen molar-refractivity contribution >= 4 is 0 Å². The maximum atomic E-state index is 3.90. The Labute approximate surface area is 82.6 Å². The summed E-state index contributed by atoms with van der Waals surface area (Å²) in [5, 5.41) is 3.53. The van der Waals surface area contributed by atoms with Gasteiger partial charge in [0, 0.05) is 0 Å². The second kappa shape index (κ2) is 5.43. The van der Waals surface area contributed by atoms with Gasteiger partial charge in [-0.05, 0) is 44.7 Å². The second-order valence-corrected chi connectivity index (χ2v) is 4.58. The maximum Gasteiger partial charge on any atom is -0.00117 e. The van der Waals surface area contributed by atoms with Gasteiger partial charge in [-0.3, -0.25) is 0 Å². The number of hydrogen-bond acceptors (Lipinski definition) is 1. The van der Waals surface area contributed by atoms with Gasteiger partial charge in [-0.2, -0.15) is 0 Å². The number of rotatable bonds is 5. The molecular formula is C12H23N. The molecule has 1 heteroatoms. The molecule has 76 valence electrons. The van der Waals surface area contributed by atoms with Crippen molar-refractivity contribution < 1.29 is 0 Å². The highest BCUT2D eigenvalue weighted by Crippen LogP contribution is 2.30. The summed E-state index contributed by atoms with van der Waals surface area (Å²) >= 11 is 0. The molecule has 1 aliphatic rings. The standard InChI is InChI=1S/C12H23N/c1-10(2)7-8-13-9-12-6-4-5-11(12)3/h11-13H,1,4-9H2,2-3H3. The molecule has 1 nitrogen and oxygen atoms in total. The summed E-state index contributed by atoms with van der Waals surface area (Å²) in [7, 11) is 0. The molecule has 0 radical (unpaired) electrons. The largest absolute Gasteiger partial charge is 0.316 e. The highest BCUT2D eigenvalue weighted by molar-refractivity contribution is 4.88. The van der Waals surface area contributed by atoms with E-state index in [9.17, 15) is 0 Å². The zero-order valence-corrected chi connectivity index (χ0v) is 9.10. The number of nitrogens with one attached hydrogen (secondary N) is 1. The lowest BCUT2D eigenvalue weighted by molar-refractivity contribution is 0.394. The first-order valence-corrected chi connectivity index (χ1v) is 5.55. The molecule has 1 rings (SSSR count). The van der Waals surface area contributed by atoms with Crippen LogP contribution in [0.2, 0.25) is 0 Å². The Hall–Kier alpha value is -0.300. The van der Waals surface area contributed by atoms with Crippen molar-refractivity contribution in [2.24, 2.45) is 11.8 Å². The van der Waals surface area contributed by atoms with E-state index in [-0.39, 0.29) is 0 Å². The van der Waals surface area contributed by atoms with E-state index in [1.54, 1.807) is 0 Å². The van der Waals surface area contributed by atoms with Crippen molar-refractivity contribution in [2.75, 3.05) is 13.1 Å². The zero-order valence-electron chi connectivity index (χ0n) is 9.10. The summed E-state index contributed by atoms with van der Waals surface area (Å²) in [6, 6.07) is 0. The van der Waals surface area contributed by atoms with Crippen molar-refractivity contribution in [3.8, 4) is 0 Å². The average Bonchev–Trinajstić information content (AvgIpc) is 2.45. The van der Waals surface area contributed by atoms with E-state index in [1.807, 2.05) is 0 Å². The van der Waals surface area contributed by atoms with Crippen LogP contribution < -0.4 is 5.32 Å². The minimum atomic E-state index is 0.935. The molecule has 13 heavy (non-hydrogen) atoms. The molecule has 0 heterocycles. The Morgan fingerprint density at radius 1 is 1.46 bits per heavy atom. The Morgan fingerprint density at radius 2 is 2.23 bits per heavy atom. The molecule has 0 amide bonds. The minimum Gasteiger partial charge on any atom is -0.316 e. The zero-order chi connectivity index (χ0) is 9.68. The van der Waals surface area contributed by atoms with E-state index in [4.69, 9.17) is 0 Å². The van der Waals surface area contributed by atoms with Crippen molar-refractivity contribution in [3.63, 3.8) is 0 Å². The molecule has 0 bridgehead atoms. The molecule has 2 unspecified atom stereocenters. The van der Waals surface area contributed by atoms with Gasteiger partial charge in [0.25, 0.3) is 0 Å². The highest BCUT2D eigenvalue weighted by atomic mass is 14.9. The van der Waals surface area contributed by atoms with E-state index < -0.39 is 0 Å². The fraction of sp³-hybridized carbons (Fsp3) is 0.833. The van der Waals surface area contributed by atoms with Crippen molar-refractivity contribution in [2.45, 2.75) is 39.5 Å². The van der Waals surface area contributed by atoms with Crippen LogP contribution in [0, 0.1) is 11.8 Å². The van der Waals surface area contributed by atoms with Crippen molar-refractivity contribution in [3.05, 3.63) is 12.2 Å². The van der Waals surface area contributed by atoms with Gasteiger partial charge in [-0.15, -0.1) is 6.58 Å². The third kappa shape index (κ3) is 3.95. The van der Waals surface area contributed by atoms with E-state index in [1.165, 1.54) is 31.4 Å². The predicted molar refractivity (Wildman–Crippen MR) is 58.8 cm³/mol. The van der Waals surface area contributed by atoms with Crippen LogP contribution in [0.1, 0.15) is 39.5 Å². The minimum absolute atomic E-state index is 0.935. The Balaban J connectivity index is 2.02. The molecule has 0 aromatic carbocycles. The second-order valence-electron chi connectivity index (χ2n) is 4.58. The van der Waals surface area contributed by atoms with E-state index >= 15 is 0 Å². The lowest BCUT2D eigenvalue weighted by Crippen LogP contribution is -2.25. The molecule has 1 saturated carbocycles. The van der Waals surface area contributed by atoms with Gasteiger partial charge in [0.05, 0.1) is 0 Å². The Morgan fingerprint density at radius 3 is 2.77 bits per heavy atom. The summed E-state index contributed by atoms with van der Waals surface area (Å²) in [5.74, 6) is 1.88. The smallest absolute Gasteiger partial charge is 0.00117 e. The van der Waals surface area contributed by atoms with Gasteiger partial charge in [0.2, 0.25) is 0 Å². The lowest BCUT2D eigenvalue weighted by atomic mass is 9.98. The highest BCUT2D eigenvalue weighted by Gasteiger charge is 2.22. The number of hydrogen-bond donors (Lipinski definition) is 1. The van der Waals surface area contributed by atoms with Crippen LogP contribution in [-0.2, 0) is 0 Å². The van der Waals surface area contributed by atoms with Crippen LogP contribution in [0.25, 0.3) is 0 Å². The molecule has 0 spiro atoms. The van der Waals surface area contributed by atoms with Gasteiger partial charge in [-0.1, -0.05) is 25.3 Å². The first kappa shape index (κ1) is 10.8. The van der Waals surface area contributed by atoms with Gasteiger partial charge in [-0.25, -0.2) is 0 Å². The van der Waals surface area contributed by atoms with Crippen LogP contribution in [-0.4, -0.2) is 13.1 Å². The van der Waals surface area contributed by atoms with Crippen LogP contribution in [0.4, 0.5) is 0 Å². The van der Waals surface area contributed by atoms with E-state index in [2.05, 4.69) is 25.7 Å². The monoisotopic (exact) mass is 181 g/mol. The third-order valence-corrected chi connectivity index (χ3v) is 3.17. The topological polar surface area (TPSA) is 12.0 Å². The summed E-state index contributed by atoms with van der Waals surface area (Å²) in [5.41, 5.74) is 1.28. The molecular weight excluding hydrogens is 158 g/mol. The normalized spacial score (nSPS) is 27.8. The lowest BCUT2D eigenvalue weighted by Gasteiger charge is -2.15. The fourth-order valence-electron chi connectivity index (χ4n) is 2.11. The fourth-order valence-corrected chi connectivity index (χ4v) is 2.11. The van der Waals surface area contributed by atoms with Crippen LogP contribution in [0.5, 0.6) is 0 Å².